The maximum atomic E-state index is 12.9. The first-order valence-corrected chi connectivity index (χ1v) is 11.2. The zero-order chi connectivity index (χ0) is 24.6. The molecule has 0 aliphatic carbocycles. The lowest BCUT2D eigenvalue weighted by atomic mass is 10.1. The standard InChI is InChI=1S/C25H17Cl3N2O4/c1-13-4-3-5-20(14(13)2)34-25(33)15-6-8-18(9-7-15)29-22-21(28)23(31)30(24(22)32)19-11-16(26)10-17(27)12-19/h3-12,29H,1-2H3. The van der Waals surface area contributed by atoms with Crippen LogP contribution in [0.3, 0.4) is 0 Å². The normalized spacial score (nSPS) is 13.5. The Labute approximate surface area is 210 Å². The molecular formula is C25H17Cl3N2O4. The van der Waals surface area contributed by atoms with Gasteiger partial charge >= 0.3 is 5.97 Å². The minimum atomic E-state index is -0.707. The first-order valence-electron chi connectivity index (χ1n) is 10.1. The number of imide groups is 1. The van der Waals surface area contributed by atoms with Gasteiger partial charge in [-0.3, -0.25) is 9.59 Å². The molecule has 1 aliphatic heterocycles. The number of amides is 2. The lowest BCUT2D eigenvalue weighted by Gasteiger charge is -2.16. The van der Waals surface area contributed by atoms with Crippen LogP contribution in [0.2, 0.25) is 10.0 Å². The number of carbonyl (C=O) groups excluding carboxylic acids is 3. The van der Waals surface area contributed by atoms with Crippen molar-refractivity contribution >= 4 is 64.0 Å². The van der Waals surface area contributed by atoms with Crippen molar-refractivity contribution in [3.8, 4) is 5.75 Å². The molecule has 0 saturated carbocycles. The number of esters is 1. The smallest absolute Gasteiger partial charge is 0.343 e. The first kappa shape index (κ1) is 23.8. The number of hydrogen-bond acceptors (Lipinski definition) is 5. The van der Waals surface area contributed by atoms with Gasteiger partial charge in [0.1, 0.15) is 16.5 Å². The van der Waals surface area contributed by atoms with Crippen molar-refractivity contribution in [2.75, 3.05) is 10.2 Å². The molecule has 34 heavy (non-hydrogen) atoms. The molecule has 0 bridgehead atoms. The van der Waals surface area contributed by atoms with E-state index < -0.39 is 17.8 Å². The Hall–Kier alpha value is -3.32. The zero-order valence-electron chi connectivity index (χ0n) is 18.0. The van der Waals surface area contributed by atoms with Crippen molar-refractivity contribution in [2.24, 2.45) is 0 Å². The van der Waals surface area contributed by atoms with Crippen molar-refractivity contribution in [2.45, 2.75) is 13.8 Å². The summed E-state index contributed by atoms with van der Waals surface area (Å²) in [7, 11) is 0. The molecule has 1 N–H and O–H groups in total. The zero-order valence-corrected chi connectivity index (χ0v) is 20.3. The highest BCUT2D eigenvalue weighted by atomic mass is 35.5. The molecule has 6 nitrogen and oxygen atoms in total. The molecule has 2 amide bonds. The average Bonchev–Trinajstić information content (AvgIpc) is 2.99. The van der Waals surface area contributed by atoms with E-state index in [1.165, 1.54) is 18.2 Å². The fraction of sp³-hybridized carbons (Fsp3) is 0.0800. The molecule has 3 aromatic carbocycles. The third-order valence-corrected chi connectivity index (χ3v) is 6.07. The Bertz CT molecular complexity index is 1350. The number of rotatable bonds is 5. The molecule has 9 heteroatoms. The van der Waals surface area contributed by atoms with Crippen LogP contribution in [0.5, 0.6) is 5.75 Å². The largest absolute Gasteiger partial charge is 0.423 e. The summed E-state index contributed by atoms with van der Waals surface area (Å²) in [6.07, 6.45) is 0. The molecule has 0 radical (unpaired) electrons. The van der Waals surface area contributed by atoms with Gasteiger partial charge in [0.2, 0.25) is 0 Å². The van der Waals surface area contributed by atoms with Crippen LogP contribution in [0.4, 0.5) is 11.4 Å². The number of halogens is 3. The SMILES string of the molecule is Cc1cccc(OC(=O)c2ccc(NC3=C(Cl)C(=O)N(c4cc(Cl)cc(Cl)c4)C3=O)cc2)c1C. The van der Waals surface area contributed by atoms with Crippen LogP contribution in [-0.4, -0.2) is 17.8 Å². The highest BCUT2D eigenvalue weighted by Crippen LogP contribution is 2.33. The van der Waals surface area contributed by atoms with Gasteiger partial charge in [-0.1, -0.05) is 46.9 Å². The number of nitrogens with zero attached hydrogens (tertiary/aromatic N) is 1. The van der Waals surface area contributed by atoms with Crippen molar-refractivity contribution < 1.29 is 19.1 Å². The molecule has 0 spiro atoms. The van der Waals surface area contributed by atoms with Gasteiger partial charge in [0, 0.05) is 15.7 Å². The fourth-order valence-electron chi connectivity index (χ4n) is 3.34. The molecule has 0 aromatic heterocycles. The second kappa shape index (κ2) is 9.50. The molecule has 0 atom stereocenters. The van der Waals surface area contributed by atoms with E-state index in [4.69, 9.17) is 39.5 Å². The lowest BCUT2D eigenvalue weighted by Crippen LogP contribution is -2.32. The van der Waals surface area contributed by atoms with Gasteiger partial charge in [-0.15, -0.1) is 0 Å². The van der Waals surface area contributed by atoms with Gasteiger partial charge in [0.25, 0.3) is 11.8 Å². The monoisotopic (exact) mass is 514 g/mol. The quantitative estimate of drug-likeness (QED) is 0.246. The molecule has 172 valence electrons. The minimum absolute atomic E-state index is 0.103. The number of nitrogens with one attached hydrogen (secondary N) is 1. The van der Waals surface area contributed by atoms with E-state index in [2.05, 4.69) is 5.32 Å². The number of anilines is 2. The van der Waals surface area contributed by atoms with Crippen LogP contribution < -0.4 is 15.0 Å². The molecule has 3 aromatic rings. The van der Waals surface area contributed by atoms with Crippen LogP contribution >= 0.6 is 34.8 Å². The Morgan fingerprint density at radius 2 is 1.53 bits per heavy atom. The van der Waals surface area contributed by atoms with E-state index in [0.717, 1.165) is 16.0 Å². The van der Waals surface area contributed by atoms with Crippen molar-refractivity contribution in [3.63, 3.8) is 0 Å². The molecule has 0 unspecified atom stereocenters. The third kappa shape index (κ3) is 4.66. The highest BCUT2D eigenvalue weighted by Gasteiger charge is 2.39. The van der Waals surface area contributed by atoms with Crippen LogP contribution in [0.15, 0.2) is 71.4 Å². The Morgan fingerprint density at radius 1 is 0.882 bits per heavy atom. The van der Waals surface area contributed by atoms with E-state index in [9.17, 15) is 14.4 Å². The fourth-order valence-corrected chi connectivity index (χ4v) is 4.07. The van der Waals surface area contributed by atoms with Crippen molar-refractivity contribution in [1.82, 2.24) is 0 Å². The van der Waals surface area contributed by atoms with E-state index in [-0.39, 0.29) is 26.5 Å². The predicted molar refractivity (Wildman–Crippen MR) is 133 cm³/mol. The highest BCUT2D eigenvalue weighted by molar-refractivity contribution is 6.53. The van der Waals surface area contributed by atoms with Crippen molar-refractivity contribution in [3.05, 3.63) is 98.1 Å². The predicted octanol–water partition coefficient (Wildman–Crippen LogP) is 6.27. The number of benzene rings is 3. The molecular weight excluding hydrogens is 499 g/mol. The molecule has 4 rings (SSSR count). The maximum Gasteiger partial charge on any atom is 0.343 e. The van der Waals surface area contributed by atoms with Gasteiger partial charge < -0.3 is 10.1 Å². The second-order valence-electron chi connectivity index (χ2n) is 7.55. The van der Waals surface area contributed by atoms with Crippen molar-refractivity contribution in [1.29, 1.82) is 0 Å². The Morgan fingerprint density at radius 3 is 2.18 bits per heavy atom. The first-order chi connectivity index (χ1) is 16.2. The Kier molecular flexibility index (Phi) is 6.66. The molecule has 1 heterocycles. The number of carbonyl (C=O) groups is 3. The number of ether oxygens (including phenoxy) is 1. The van der Waals surface area contributed by atoms with Gasteiger partial charge in [-0.2, -0.15) is 0 Å². The Balaban J connectivity index is 1.50. The lowest BCUT2D eigenvalue weighted by molar-refractivity contribution is -0.120. The maximum absolute atomic E-state index is 12.9. The molecule has 0 fully saturated rings. The summed E-state index contributed by atoms with van der Waals surface area (Å²) in [5.41, 5.74) is 2.75. The number of aryl methyl sites for hydroxylation is 1. The molecule has 1 aliphatic rings. The summed E-state index contributed by atoms with van der Waals surface area (Å²) in [4.78, 5) is 39.0. The van der Waals surface area contributed by atoms with Crippen LogP contribution in [0.25, 0.3) is 0 Å². The second-order valence-corrected chi connectivity index (χ2v) is 8.80. The summed E-state index contributed by atoms with van der Waals surface area (Å²) in [5.74, 6) is -1.40. The summed E-state index contributed by atoms with van der Waals surface area (Å²) in [6.45, 7) is 3.81. The average molecular weight is 516 g/mol. The van der Waals surface area contributed by atoms with E-state index in [1.54, 1.807) is 30.3 Å². The van der Waals surface area contributed by atoms with E-state index in [0.29, 0.717) is 17.0 Å². The van der Waals surface area contributed by atoms with Crippen LogP contribution in [0, 0.1) is 13.8 Å². The van der Waals surface area contributed by atoms with E-state index >= 15 is 0 Å². The van der Waals surface area contributed by atoms with Gasteiger partial charge in [-0.25, -0.2) is 9.69 Å². The van der Waals surface area contributed by atoms with Crippen LogP contribution in [0.1, 0.15) is 21.5 Å². The van der Waals surface area contributed by atoms with Gasteiger partial charge in [-0.05, 0) is 73.5 Å². The third-order valence-electron chi connectivity index (χ3n) is 5.28. The minimum Gasteiger partial charge on any atom is -0.423 e. The van der Waals surface area contributed by atoms with E-state index in [1.807, 2.05) is 26.0 Å². The molecule has 0 saturated heterocycles. The van der Waals surface area contributed by atoms with Crippen LogP contribution in [-0.2, 0) is 9.59 Å². The summed E-state index contributed by atoms with van der Waals surface area (Å²) in [6, 6.07) is 16.1. The topological polar surface area (TPSA) is 75.7 Å². The summed E-state index contributed by atoms with van der Waals surface area (Å²) >= 11 is 18.2. The summed E-state index contributed by atoms with van der Waals surface area (Å²) in [5, 5.41) is 3.11. The van der Waals surface area contributed by atoms with Gasteiger partial charge in [0.15, 0.2) is 0 Å². The summed E-state index contributed by atoms with van der Waals surface area (Å²) < 4.78 is 5.50. The van der Waals surface area contributed by atoms with Gasteiger partial charge in [0.05, 0.1) is 11.3 Å². The number of hydrogen-bond donors (Lipinski definition) is 1.